The van der Waals surface area contributed by atoms with Gasteiger partial charge in [0.25, 0.3) is 0 Å². The summed E-state index contributed by atoms with van der Waals surface area (Å²) in [6.45, 7) is 2.54. The van der Waals surface area contributed by atoms with E-state index in [1.165, 1.54) is 0 Å². The third-order valence-electron chi connectivity index (χ3n) is 2.61. The molecule has 0 aliphatic rings. The first-order chi connectivity index (χ1) is 8.27. The highest BCUT2D eigenvalue weighted by atomic mass is 35.5. The fraction of sp³-hybridized carbons (Fsp3) is 0.214. The lowest BCUT2D eigenvalue weighted by Crippen LogP contribution is -2.02. The first-order valence-electron chi connectivity index (χ1n) is 5.51. The standard InChI is InChI=1S/C14H13ClO2/c1-2-17-14-8-7-11(13(16)9-15)10-5-3-4-6-12(10)14/h3-8H,2,9H2,1H3. The molecule has 17 heavy (non-hydrogen) atoms. The Morgan fingerprint density at radius 2 is 1.88 bits per heavy atom. The topological polar surface area (TPSA) is 26.3 Å². The fourth-order valence-corrected chi connectivity index (χ4v) is 2.01. The summed E-state index contributed by atoms with van der Waals surface area (Å²) in [4.78, 5) is 11.7. The highest BCUT2D eigenvalue weighted by Gasteiger charge is 2.11. The van der Waals surface area contributed by atoms with Gasteiger partial charge < -0.3 is 4.74 Å². The molecule has 0 heterocycles. The predicted molar refractivity (Wildman–Crippen MR) is 70.2 cm³/mol. The number of benzene rings is 2. The Balaban J connectivity index is 2.66. The molecule has 0 aromatic heterocycles. The summed E-state index contributed by atoms with van der Waals surface area (Å²) >= 11 is 5.61. The summed E-state index contributed by atoms with van der Waals surface area (Å²) in [6.07, 6.45) is 0. The van der Waals surface area contributed by atoms with Gasteiger partial charge in [-0.1, -0.05) is 24.3 Å². The fourth-order valence-electron chi connectivity index (χ4n) is 1.87. The molecule has 0 radical (unpaired) electrons. The van der Waals surface area contributed by atoms with E-state index in [1.807, 2.05) is 37.3 Å². The molecular weight excluding hydrogens is 236 g/mol. The second-order valence-corrected chi connectivity index (χ2v) is 3.91. The molecule has 0 amide bonds. The number of Topliss-reactive ketones (excluding diaryl/α,β-unsaturated/α-hetero) is 1. The van der Waals surface area contributed by atoms with Gasteiger partial charge in [0.15, 0.2) is 5.78 Å². The van der Waals surface area contributed by atoms with Crippen molar-refractivity contribution < 1.29 is 9.53 Å². The maximum atomic E-state index is 11.7. The average Bonchev–Trinajstić information content (AvgIpc) is 2.38. The molecular formula is C14H13ClO2. The van der Waals surface area contributed by atoms with E-state index in [0.29, 0.717) is 12.2 Å². The number of ketones is 1. The van der Waals surface area contributed by atoms with Crippen LogP contribution in [0.3, 0.4) is 0 Å². The molecule has 2 aromatic carbocycles. The monoisotopic (exact) mass is 248 g/mol. The van der Waals surface area contributed by atoms with Crippen molar-refractivity contribution in [1.82, 2.24) is 0 Å². The highest BCUT2D eigenvalue weighted by Crippen LogP contribution is 2.28. The lowest BCUT2D eigenvalue weighted by molar-refractivity contribution is 0.102. The quantitative estimate of drug-likeness (QED) is 0.610. The summed E-state index contributed by atoms with van der Waals surface area (Å²) in [5, 5.41) is 1.84. The number of halogens is 1. The van der Waals surface area contributed by atoms with Gasteiger partial charge in [-0.3, -0.25) is 4.79 Å². The summed E-state index contributed by atoms with van der Waals surface area (Å²) in [5.41, 5.74) is 0.652. The smallest absolute Gasteiger partial charge is 0.178 e. The van der Waals surface area contributed by atoms with Gasteiger partial charge in [-0.15, -0.1) is 11.6 Å². The molecule has 0 saturated heterocycles. The number of ether oxygens (including phenoxy) is 1. The number of alkyl halides is 1. The zero-order valence-electron chi connectivity index (χ0n) is 9.57. The number of rotatable bonds is 4. The minimum Gasteiger partial charge on any atom is -0.493 e. The first-order valence-corrected chi connectivity index (χ1v) is 6.05. The van der Waals surface area contributed by atoms with E-state index in [1.54, 1.807) is 6.07 Å². The van der Waals surface area contributed by atoms with Gasteiger partial charge in [0.1, 0.15) is 5.75 Å². The number of fused-ring (bicyclic) bond motifs is 1. The number of carbonyl (C=O) groups is 1. The minimum atomic E-state index is -0.0640. The molecule has 0 spiro atoms. The molecule has 0 saturated carbocycles. The van der Waals surface area contributed by atoms with E-state index in [2.05, 4.69) is 0 Å². The van der Waals surface area contributed by atoms with E-state index >= 15 is 0 Å². The van der Waals surface area contributed by atoms with Crippen molar-refractivity contribution in [3.05, 3.63) is 42.0 Å². The molecule has 0 unspecified atom stereocenters. The van der Waals surface area contributed by atoms with Crippen molar-refractivity contribution in [2.75, 3.05) is 12.5 Å². The Morgan fingerprint density at radius 3 is 2.53 bits per heavy atom. The van der Waals surface area contributed by atoms with Crippen LogP contribution in [0, 0.1) is 0 Å². The minimum absolute atomic E-state index is 0.00201. The molecule has 2 nitrogen and oxygen atoms in total. The molecule has 0 N–H and O–H groups in total. The molecule has 0 bridgehead atoms. The first kappa shape index (κ1) is 11.9. The molecule has 0 fully saturated rings. The zero-order chi connectivity index (χ0) is 12.3. The molecule has 0 atom stereocenters. The van der Waals surface area contributed by atoms with E-state index < -0.39 is 0 Å². The summed E-state index contributed by atoms with van der Waals surface area (Å²) < 4.78 is 5.54. The second kappa shape index (κ2) is 5.19. The SMILES string of the molecule is CCOc1ccc(C(=O)CCl)c2ccccc12. The average molecular weight is 249 g/mol. The lowest BCUT2D eigenvalue weighted by atomic mass is 10.0. The van der Waals surface area contributed by atoms with Crippen molar-refractivity contribution in [1.29, 1.82) is 0 Å². The van der Waals surface area contributed by atoms with Gasteiger partial charge in [-0.25, -0.2) is 0 Å². The van der Waals surface area contributed by atoms with Crippen LogP contribution in [0.5, 0.6) is 5.75 Å². The van der Waals surface area contributed by atoms with Crippen molar-refractivity contribution in [3.8, 4) is 5.75 Å². The lowest BCUT2D eigenvalue weighted by Gasteiger charge is -2.10. The van der Waals surface area contributed by atoms with Gasteiger partial charge in [0, 0.05) is 10.9 Å². The maximum absolute atomic E-state index is 11.7. The highest BCUT2D eigenvalue weighted by molar-refractivity contribution is 6.32. The van der Waals surface area contributed by atoms with E-state index in [-0.39, 0.29) is 11.7 Å². The molecule has 2 aromatic rings. The van der Waals surface area contributed by atoms with Crippen molar-refractivity contribution in [2.45, 2.75) is 6.92 Å². The molecule has 3 heteroatoms. The van der Waals surface area contributed by atoms with Gasteiger partial charge in [-0.05, 0) is 24.4 Å². The van der Waals surface area contributed by atoms with Crippen molar-refractivity contribution >= 4 is 28.2 Å². The number of hydrogen-bond acceptors (Lipinski definition) is 2. The van der Waals surface area contributed by atoms with Gasteiger partial charge in [0.05, 0.1) is 12.5 Å². The third kappa shape index (κ3) is 2.27. The molecule has 0 aliphatic carbocycles. The Labute approximate surface area is 105 Å². The Bertz CT molecular complexity index is 549. The van der Waals surface area contributed by atoms with Crippen molar-refractivity contribution in [2.24, 2.45) is 0 Å². The van der Waals surface area contributed by atoms with Crippen LogP contribution < -0.4 is 4.74 Å². The Morgan fingerprint density at radius 1 is 1.18 bits per heavy atom. The predicted octanol–water partition coefficient (Wildman–Crippen LogP) is 3.66. The van der Waals surface area contributed by atoms with E-state index in [4.69, 9.17) is 16.3 Å². The zero-order valence-corrected chi connectivity index (χ0v) is 10.3. The van der Waals surface area contributed by atoms with Crippen LogP contribution in [0.4, 0.5) is 0 Å². The van der Waals surface area contributed by atoms with Crippen LogP contribution in [0.15, 0.2) is 36.4 Å². The van der Waals surface area contributed by atoms with Crippen LogP contribution in [0.2, 0.25) is 0 Å². The van der Waals surface area contributed by atoms with Crippen LogP contribution in [-0.2, 0) is 0 Å². The molecule has 0 aliphatic heterocycles. The van der Waals surface area contributed by atoms with Crippen molar-refractivity contribution in [3.63, 3.8) is 0 Å². The third-order valence-corrected chi connectivity index (χ3v) is 2.85. The normalized spacial score (nSPS) is 10.5. The van der Waals surface area contributed by atoms with Crippen LogP contribution in [0.1, 0.15) is 17.3 Å². The summed E-state index contributed by atoms with van der Waals surface area (Å²) in [6, 6.07) is 11.3. The van der Waals surface area contributed by atoms with Crippen LogP contribution in [-0.4, -0.2) is 18.3 Å². The summed E-state index contributed by atoms with van der Waals surface area (Å²) in [5.74, 6) is 0.734. The Kier molecular flexibility index (Phi) is 3.64. The van der Waals surface area contributed by atoms with Gasteiger partial charge in [0.2, 0.25) is 0 Å². The molecule has 88 valence electrons. The van der Waals surface area contributed by atoms with E-state index in [0.717, 1.165) is 16.5 Å². The Hall–Kier alpha value is -1.54. The number of hydrogen-bond donors (Lipinski definition) is 0. The van der Waals surface area contributed by atoms with Crippen LogP contribution in [0.25, 0.3) is 10.8 Å². The van der Waals surface area contributed by atoms with Crippen LogP contribution >= 0.6 is 11.6 Å². The second-order valence-electron chi connectivity index (χ2n) is 3.65. The summed E-state index contributed by atoms with van der Waals surface area (Å²) in [7, 11) is 0. The largest absolute Gasteiger partial charge is 0.493 e. The van der Waals surface area contributed by atoms with Gasteiger partial charge >= 0.3 is 0 Å². The number of carbonyl (C=O) groups excluding carboxylic acids is 1. The maximum Gasteiger partial charge on any atom is 0.178 e. The molecule has 2 rings (SSSR count). The van der Waals surface area contributed by atoms with E-state index in [9.17, 15) is 4.79 Å². The van der Waals surface area contributed by atoms with Gasteiger partial charge in [-0.2, -0.15) is 0 Å².